The first-order valence-corrected chi connectivity index (χ1v) is 6.60. The van der Waals surface area contributed by atoms with Gasteiger partial charge in [0.15, 0.2) is 5.82 Å². The second-order valence-electron chi connectivity index (χ2n) is 5.18. The number of hydrogen-bond acceptors (Lipinski definition) is 3. The van der Waals surface area contributed by atoms with Crippen LogP contribution in [-0.2, 0) is 0 Å². The van der Waals surface area contributed by atoms with E-state index in [4.69, 9.17) is 23.1 Å². The fraction of sp³-hybridized carbons (Fsp3) is 0.538. The first-order valence-electron chi connectivity index (χ1n) is 6.23. The van der Waals surface area contributed by atoms with Crippen molar-refractivity contribution in [2.24, 2.45) is 5.92 Å². The van der Waals surface area contributed by atoms with E-state index >= 15 is 0 Å². The Morgan fingerprint density at radius 3 is 2.67 bits per heavy atom. The van der Waals surface area contributed by atoms with Gasteiger partial charge in [0.25, 0.3) is 0 Å². The number of hydrogen-bond donors (Lipinski definition) is 2. The maximum atomic E-state index is 14.3. The van der Waals surface area contributed by atoms with E-state index in [1.165, 1.54) is 6.07 Å². The molecule has 0 radical (unpaired) electrons. The van der Waals surface area contributed by atoms with Crippen LogP contribution in [0, 0.1) is 11.7 Å². The monoisotopic (exact) mass is 271 g/mol. The van der Waals surface area contributed by atoms with Crippen molar-refractivity contribution in [3.63, 3.8) is 0 Å². The predicted octanol–water partition coefficient (Wildman–Crippen LogP) is 3.27. The molecule has 0 aliphatic carbocycles. The van der Waals surface area contributed by atoms with Crippen molar-refractivity contribution in [1.29, 1.82) is 0 Å². The molecule has 1 unspecified atom stereocenters. The smallest absolute Gasteiger partial charge is 0.169 e. The van der Waals surface area contributed by atoms with Gasteiger partial charge in [-0.3, -0.25) is 0 Å². The van der Waals surface area contributed by atoms with E-state index in [1.807, 2.05) is 4.90 Å². The predicted molar refractivity (Wildman–Crippen MR) is 75.4 cm³/mol. The fourth-order valence-corrected chi connectivity index (χ4v) is 2.86. The first-order chi connectivity index (χ1) is 8.43. The highest BCUT2D eigenvalue weighted by atomic mass is 35.5. The summed E-state index contributed by atoms with van der Waals surface area (Å²) in [6, 6.07) is 1.85. The number of anilines is 3. The van der Waals surface area contributed by atoms with Crippen molar-refractivity contribution >= 4 is 28.7 Å². The van der Waals surface area contributed by atoms with Crippen LogP contribution in [0.2, 0.25) is 5.02 Å². The van der Waals surface area contributed by atoms with Crippen molar-refractivity contribution in [3.05, 3.63) is 16.9 Å². The molecule has 0 amide bonds. The minimum absolute atomic E-state index is 0.0337. The van der Waals surface area contributed by atoms with E-state index in [-0.39, 0.29) is 10.7 Å². The highest BCUT2D eigenvalue weighted by molar-refractivity contribution is 6.33. The van der Waals surface area contributed by atoms with Crippen LogP contribution in [0.1, 0.15) is 26.7 Å². The zero-order valence-electron chi connectivity index (χ0n) is 10.7. The van der Waals surface area contributed by atoms with Crippen LogP contribution in [0.15, 0.2) is 6.07 Å². The molecule has 0 bridgehead atoms. The van der Waals surface area contributed by atoms with E-state index in [0.29, 0.717) is 23.3 Å². The summed E-state index contributed by atoms with van der Waals surface area (Å²) in [5, 5.41) is -0.0337. The Morgan fingerprint density at radius 1 is 1.39 bits per heavy atom. The number of nitrogen functional groups attached to an aromatic ring is 2. The van der Waals surface area contributed by atoms with Gasteiger partial charge in [-0.2, -0.15) is 0 Å². The number of nitrogens with zero attached hydrogens (tertiary/aromatic N) is 1. The molecule has 0 aromatic heterocycles. The number of halogens is 2. The number of benzene rings is 1. The van der Waals surface area contributed by atoms with Gasteiger partial charge in [-0.05, 0) is 24.8 Å². The quantitative estimate of drug-likeness (QED) is 0.812. The topological polar surface area (TPSA) is 55.3 Å². The van der Waals surface area contributed by atoms with Gasteiger partial charge in [0.2, 0.25) is 0 Å². The Morgan fingerprint density at radius 2 is 2.06 bits per heavy atom. The van der Waals surface area contributed by atoms with Crippen LogP contribution in [0.3, 0.4) is 0 Å². The lowest BCUT2D eigenvalue weighted by atomic mass is 10.0. The summed E-state index contributed by atoms with van der Waals surface area (Å²) in [4.78, 5) is 2.03. The summed E-state index contributed by atoms with van der Waals surface area (Å²) in [6.45, 7) is 5.08. The molecule has 1 aromatic carbocycles. The molecule has 3 nitrogen and oxygen atoms in total. The van der Waals surface area contributed by atoms with Crippen LogP contribution < -0.4 is 16.4 Å². The molecule has 4 N–H and O–H groups in total. The Balaban J connectivity index is 2.48. The largest absolute Gasteiger partial charge is 0.397 e. The van der Waals surface area contributed by atoms with Crippen LogP contribution in [0.5, 0.6) is 0 Å². The van der Waals surface area contributed by atoms with Crippen LogP contribution in [-0.4, -0.2) is 12.6 Å². The Kier molecular flexibility index (Phi) is 3.57. The third-order valence-corrected chi connectivity index (χ3v) is 3.98. The van der Waals surface area contributed by atoms with Gasteiger partial charge in [0.05, 0.1) is 17.1 Å². The lowest BCUT2D eigenvalue weighted by Gasteiger charge is -2.31. The van der Waals surface area contributed by atoms with Crippen LogP contribution in [0.4, 0.5) is 21.5 Å². The molecular weight excluding hydrogens is 253 g/mol. The summed E-state index contributed by atoms with van der Waals surface area (Å²) < 4.78 is 14.3. The van der Waals surface area contributed by atoms with Gasteiger partial charge in [-0.15, -0.1) is 0 Å². The highest BCUT2D eigenvalue weighted by Crippen LogP contribution is 2.40. The molecule has 2 rings (SSSR count). The maximum absolute atomic E-state index is 14.3. The zero-order chi connectivity index (χ0) is 13.4. The minimum Gasteiger partial charge on any atom is -0.397 e. The van der Waals surface area contributed by atoms with Crippen LogP contribution >= 0.6 is 11.6 Å². The Labute approximate surface area is 112 Å². The molecule has 5 heteroatoms. The molecule has 1 heterocycles. The lowest BCUT2D eigenvalue weighted by molar-refractivity contribution is 0.486. The highest BCUT2D eigenvalue weighted by Gasteiger charge is 2.31. The third-order valence-electron chi connectivity index (χ3n) is 3.59. The van der Waals surface area contributed by atoms with Gasteiger partial charge in [-0.25, -0.2) is 4.39 Å². The van der Waals surface area contributed by atoms with E-state index in [2.05, 4.69) is 13.8 Å². The standard InChI is InChI=1S/C13H19ClFN3/c1-7(2)10-4-3-5-18(10)13-9(17)6-8(16)11(14)12(13)15/h6-7,10H,3-5,16-17H2,1-2H3. The van der Waals surface area contributed by atoms with Crippen molar-refractivity contribution < 1.29 is 4.39 Å². The molecular formula is C13H19ClFN3. The van der Waals surface area contributed by atoms with E-state index < -0.39 is 5.82 Å². The molecule has 1 aromatic rings. The minimum atomic E-state index is -0.498. The van der Waals surface area contributed by atoms with E-state index in [9.17, 15) is 4.39 Å². The van der Waals surface area contributed by atoms with Gasteiger partial charge >= 0.3 is 0 Å². The van der Waals surface area contributed by atoms with E-state index in [0.717, 1.165) is 19.4 Å². The van der Waals surface area contributed by atoms with Gasteiger partial charge in [0.1, 0.15) is 5.02 Å². The Hall–Kier alpha value is -1.16. The molecule has 1 aliphatic heterocycles. The van der Waals surface area contributed by atoms with Gasteiger partial charge < -0.3 is 16.4 Å². The second-order valence-corrected chi connectivity index (χ2v) is 5.56. The number of nitrogens with two attached hydrogens (primary N) is 2. The number of rotatable bonds is 2. The normalized spacial score (nSPS) is 19.8. The third kappa shape index (κ3) is 2.09. The lowest BCUT2D eigenvalue weighted by Crippen LogP contribution is -2.34. The SMILES string of the molecule is CC(C)C1CCCN1c1c(N)cc(N)c(Cl)c1F. The summed E-state index contributed by atoms with van der Waals surface area (Å²) >= 11 is 5.88. The van der Waals surface area contributed by atoms with Crippen molar-refractivity contribution in [2.45, 2.75) is 32.7 Å². The van der Waals surface area contributed by atoms with Crippen molar-refractivity contribution in [2.75, 3.05) is 22.9 Å². The molecule has 0 spiro atoms. The molecule has 1 aliphatic rings. The van der Waals surface area contributed by atoms with Gasteiger partial charge in [0, 0.05) is 12.6 Å². The van der Waals surface area contributed by atoms with E-state index in [1.54, 1.807) is 0 Å². The summed E-state index contributed by atoms with van der Waals surface area (Å²) in [7, 11) is 0. The molecule has 0 saturated carbocycles. The average molecular weight is 272 g/mol. The molecule has 18 heavy (non-hydrogen) atoms. The molecule has 1 fully saturated rings. The average Bonchev–Trinajstić information content (AvgIpc) is 2.75. The molecule has 1 saturated heterocycles. The maximum Gasteiger partial charge on any atom is 0.169 e. The summed E-state index contributed by atoms with van der Waals surface area (Å²) in [5.41, 5.74) is 12.5. The van der Waals surface area contributed by atoms with Crippen molar-refractivity contribution in [3.8, 4) is 0 Å². The molecule has 100 valence electrons. The summed E-state index contributed by atoms with van der Waals surface area (Å²) in [5.74, 6) is -0.0515. The second kappa shape index (κ2) is 4.84. The Bertz CT molecular complexity index is 462. The zero-order valence-corrected chi connectivity index (χ0v) is 11.5. The fourth-order valence-electron chi connectivity index (χ4n) is 2.71. The molecule has 1 atom stereocenters. The first kappa shape index (κ1) is 13.3. The van der Waals surface area contributed by atoms with Crippen molar-refractivity contribution in [1.82, 2.24) is 0 Å². The van der Waals surface area contributed by atoms with Crippen LogP contribution in [0.25, 0.3) is 0 Å². The summed E-state index contributed by atoms with van der Waals surface area (Å²) in [6.07, 6.45) is 2.10. The van der Waals surface area contributed by atoms with Gasteiger partial charge in [-0.1, -0.05) is 25.4 Å².